The Morgan fingerprint density at radius 2 is 2.05 bits per heavy atom. The van der Waals surface area contributed by atoms with Gasteiger partial charge in [0.15, 0.2) is 0 Å². The van der Waals surface area contributed by atoms with Crippen molar-refractivity contribution in [2.45, 2.75) is 46.5 Å². The number of hydrogen-bond donors (Lipinski definition) is 0. The van der Waals surface area contributed by atoms with Gasteiger partial charge in [-0.25, -0.2) is 4.68 Å². The number of carbonyl (C=O) groups excluding carboxylic acids is 1. The summed E-state index contributed by atoms with van der Waals surface area (Å²) >= 11 is 2.22. The average Bonchev–Trinajstić information content (AvgIpc) is 2.74. The molecule has 0 aliphatic carbocycles. The van der Waals surface area contributed by atoms with Gasteiger partial charge in [0.25, 0.3) is 5.91 Å². The highest BCUT2D eigenvalue weighted by molar-refractivity contribution is 14.1. The van der Waals surface area contributed by atoms with Crippen molar-refractivity contribution in [2.24, 2.45) is 0 Å². The number of halogens is 1. The van der Waals surface area contributed by atoms with Gasteiger partial charge in [0.2, 0.25) is 0 Å². The van der Waals surface area contributed by atoms with Gasteiger partial charge in [-0.1, -0.05) is 25.8 Å². The molecule has 21 heavy (non-hydrogen) atoms. The maximum atomic E-state index is 12.6. The molecule has 1 aromatic carbocycles. The summed E-state index contributed by atoms with van der Waals surface area (Å²) in [5.74, 6) is -0.0455. The Morgan fingerprint density at radius 1 is 1.29 bits per heavy atom. The Bertz CT molecular complexity index is 646. The molecule has 2 aromatic rings. The van der Waals surface area contributed by atoms with Crippen molar-refractivity contribution in [3.63, 3.8) is 0 Å². The summed E-state index contributed by atoms with van der Waals surface area (Å²) in [5.41, 5.74) is 3.87. The van der Waals surface area contributed by atoms with E-state index >= 15 is 0 Å². The van der Waals surface area contributed by atoms with E-state index in [0.29, 0.717) is 5.56 Å². The molecular weight excluding hydrogens is 375 g/mol. The largest absolute Gasteiger partial charge is 0.278 e. The van der Waals surface area contributed by atoms with Crippen LogP contribution in [0.5, 0.6) is 0 Å². The maximum absolute atomic E-state index is 12.6. The Morgan fingerprint density at radius 3 is 2.71 bits per heavy atom. The van der Waals surface area contributed by atoms with Crippen LogP contribution in [-0.4, -0.2) is 15.7 Å². The SMILES string of the molecule is CCCCCc1c(C)nn(C(=O)c2cccc(I)c2)c1C. The molecule has 0 fully saturated rings. The predicted octanol–water partition coefficient (Wildman–Crippen LogP) is 4.53. The molecule has 3 nitrogen and oxygen atoms in total. The third kappa shape index (κ3) is 3.73. The molecule has 0 saturated carbocycles. The standard InChI is InChI=1S/C17H21IN2O/c1-4-5-6-10-16-12(2)19-20(13(16)3)17(21)14-8-7-9-15(18)11-14/h7-9,11H,4-6,10H2,1-3H3. The minimum Gasteiger partial charge on any atom is -0.267 e. The lowest BCUT2D eigenvalue weighted by Gasteiger charge is -2.05. The number of hydrogen-bond acceptors (Lipinski definition) is 2. The van der Waals surface area contributed by atoms with Crippen LogP contribution in [0.1, 0.15) is 53.5 Å². The van der Waals surface area contributed by atoms with Crippen molar-refractivity contribution >= 4 is 28.5 Å². The zero-order valence-corrected chi connectivity index (χ0v) is 15.0. The van der Waals surface area contributed by atoms with Crippen LogP contribution in [0.3, 0.4) is 0 Å². The highest BCUT2D eigenvalue weighted by Crippen LogP contribution is 2.18. The number of benzene rings is 1. The van der Waals surface area contributed by atoms with Crippen LogP contribution in [0, 0.1) is 17.4 Å². The van der Waals surface area contributed by atoms with E-state index in [2.05, 4.69) is 34.6 Å². The van der Waals surface area contributed by atoms with E-state index in [-0.39, 0.29) is 5.91 Å². The molecule has 4 heteroatoms. The van der Waals surface area contributed by atoms with Gasteiger partial charge in [-0.05, 0) is 73.0 Å². The van der Waals surface area contributed by atoms with Crippen LogP contribution in [0.2, 0.25) is 0 Å². The molecule has 0 bridgehead atoms. The summed E-state index contributed by atoms with van der Waals surface area (Å²) in [4.78, 5) is 12.6. The number of carbonyl (C=O) groups is 1. The smallest absolute Gasteiger partial charge is 0.267 e. The van der Waals surface area contributed by atoms with Gasteiger partial charge in [0.05, 0.1) is 5.69 Å². The molecule has 0 atom stereocenters. The first-order valence-electron chi connectivity index (χ1n) is 7.40. The number of unbranched alkanes of at least 4 members (excludes halogenated alkanes) is 2. The third-order valence-electron chi connectivity index (χ3n) is 3.74. The molecule has 0 saturated heterocycles. The quantitative estimate of drug-likeness (QED) is 0.550. The van der Waals surface area contributed by atoms with Gasteiger partial charge in [-0.3, -0.25) is 4.79 Å². The zero-order valence-electron chi connectivity index (χ0n) is 12.8. The summed E-state index contributed by atoms with van der Waals surface area (Å²) in [7, 11) is 0. The van der Waals surface area contributed by atoms with Crippen molar-refractivity contribution in [3.05, 3.63) is 50.4 Å². The Hall–Kier alpha value is -1.17. The highest BCUT2D eigenvalue weighted by Gasteiger charge is 2.17. The van der Waals surface area contributed by atoms with Crippen LogP contribution < -0.4 is 0 Å². The lowest BCUT2D eigenvalue weighted by atomic mass is 10.1. The molecule has 0 unspecified atom stereocenters. The molecule has 1 aromatic heterocycles. The molecule has 1 heterocycles. The van der Waals surface area contributed by atoms with Crippen molar-refractivity contribution in [3.8, 4) is 0 Å². The van der Waals surface area contributed by atoms with E-state index in [1.165, 1.54) is 18.4 Å². The Balaban J connectivity index is 2.28. The molecule has 0 spiro atoms. The van der Waals surface area contributed by atoms with E-state index in [0.717, 1.165) is 27.8 Å². The summed E-state index contributed by atoms with van der Waals surface area (Å²) in [6, 6.07) is 7.63. The van der Waals surface area contributed by atoms with Gasteiger partial charge < -0.3 is 0 Å². The number of aromatic nitrogens is 2. The van der Waals surface area contributed by atoms with E-state index in [4.69, 9.17) is 0 Å². The molecule has 112 valence electrons. The van der Waals surface area contributed by atoms with Crippen LogP contribution in [0.25, 0.3) is 0 Å². The lowest BCUT2D eigenvalue weighted by molar-refractivity contribution is 0.0942. The second-order valence-electron chi connectivity index (χ2n) is 5.33. The number of aryl methyl sites for hydroxylation is 1. The number of nitrogens with zero attached hydrogens (tertiary/aromatic N) is 2. The normalized spacial score (nSPS) is 10.9. The summed E-state index contributed by atoms with van der Waals surface area (Å²) in [6.07, 6.45) is 4.58. The van der Waals surface area contributed by atoms with Crippen LogP contribution in [-0.2, 0) is 6.42 Å². The predicted molar refractivity (Wildman–Crippen MR) is 93.8 cm³/mol. The van der Waals surface area contributed by atoms with Gasteiger partial charge in [-0.2, -0.15) is 5.10 Å². The zero-order chi connectivity index (χ0) is 15.4. The van der Waals surface area contributed by atoms with Crippen molar-refractivity contribution in [1.29, 1.82) is 0 Å². The summed E-state index contributed by atoms with van der Waals surface area (Å²) < 4.78 is 2.62. The lowest BCUT2D eigenvalue weighted by Crippen LogP contribution is -2.15. The second kappa shape index (κ2) is 7.20. The third-order valence-corrected chi connectivity index (χ3v) is 4.41. The first-order valence-corrected chi connectivity index (χ1v) is 8.47. The molecular formula is C17H21IN2O. The minimum absolute atomic E-state index is 0.0455. The second-order valence-corrected chi connectivity index (χ2v) is 6.58. The fourth-order valence-electron chi connectivity index (χ4n) is 2.53. The number of rotatable bonds is 5. The summed E-state index contributed by atoms with van der Waals surface area (Å²) in [6.45, 7) is 6.18. The van der Waals surface area contributed by atoms with Crippen LogP contribution in [0.15, 0.2) is 24.3 Å². The Labute approximate surface area is 139 Å². The van der Waals surface area contributed by atoms with Crippen LogP contribution in [0.4, 0.5) is 0 Å². The molecule has 2 rings (SSSR count). The average molecular weight is 396 g/mol. The topological polar surface area (TPSA) is 34.9 Å². The first kappa shape index (κ1) is 16.2. The molecule has 0 amide bonds. The van der Waals surface area contributed by atoms with Gasteiger partial charge in [-0.15, -0.1) is 0 Å². The maximum Gasteiger partial charge on any atom is 0.278 e. The first-order chi connectivity index (χ1) is 10.0. The van der Waals surface area contributed by atoms with Crippen molar-refractivity contribution < 1.29 is 4.79 Å². The molecule has 0 radical (unpaired) electrons. The van der Waals surface area contributed by atoms with Gasteiger partial charge in [0, 0.05) is 14.8 Å². The van der Waals surface area contributed by atoms with Crippen LogP contribution >= 0.6 is 22.6 Å². The molecule has 0 aliphatic rings. The fourth-order valence-corrected chi connectivity index (χ4v) is 3.07. The van der Waals surface area contributed by atoms with Gasteiger partial charge >= 0.3 is 0 Å². The van der Waals surface area contributed by atoms with E-state index in [1.807, 2.05) is 38.1 Å². The van der Waals surface area contributed by atoms with Crippen molar-refractivity contribution in [1.82, 2.24) is 9.78 Å². The minimum atomic E-state index is -0.0455. The van der Waals surface area contributed by atoms with E-state index in [1.54, 1.807) is 4.68 Å². The van der Waals surface area contributed by atoms with Crippen molar-refractivity contribution in [2.75, 3.05) is 0 Å². The highest BCUT2D eigenvalue weighted by atomic mass is 127. The van der Waals surface area contributed by atoms with E-state index < -0.39 is 0 Å². The molecule has 0 aliphatic heterocycles. The Kier molecular flexibility index (Phi) is 5.56. The van der Waals surface area contributed by atoms with Gasteiger partial charge in [0.1, 0.15) is 0 Å². The fraction of sp³-hybridized carbons (Fsp3) is 0.412. The monoisotopic (exact) mass is 396 g/mol. The van der Waals surface area contributed by atoms with E-state index in [9.17, 15) is 4.79 Å². The molecule has 0 N–H and O–H groups in total. The summed E-state index contributed by atoms with van der Waals surface area (Å²) in [5, 5.41) is 4.46.